The van der Waals surface area contributed by atoms with Crippen molar-refractivity contribution < 1.29 is 4.79 Å². The zero-order valence-corrected chi connectivity index (χ0v) is 21.1. The molecule has 38 heavy (non-hydrogen) atoms. The third kappa shape index (κ3) is 4.48. The van der Waals surface area contributed by atoms with Crippen LogP contribution in [0, 0.1) is 6.92 Å². The predicted molar refractivity (Wildman–Crippen MR) is 147 cm³/mol. The van der Waals surface area contributed by atoms with E-state index in [1.165, 1.54) is 5.56 Å². The topological polar surface area (TPSA) is 128 Å². The van der Waals surface area contributed by atoms with Gasteiger partial charge in [0.05, 0.1) is 46.9 Å². The predicted octanol–water partition coefficient (Wildman–Crippen LogP) is 4.43. The molecule has 0 saturated carbocycles. The average molecular weight is 504 g/mol. The molecule has 10 nitrogen and oxygen atoms in total. The Morgan fingerprint density at radius 1 is 0.921 bits per heavy atom. The third-order valence-electron chi connectivity index (χ3n) is 6.13. The second-order valence-corrected chi connectivity index (χ2v) is 9.45. The molecule has 0 aliphatic heterocycles. The van der Waals surface area contributed by atoms with Gasteiger partial charge in [0.15, 0.2) is 11.5 Å². The number of benzene rings is 1. The second-order valence-electron chi connectivity index (χ2n) is 9.45. The van der Waals surface area contributed by atoms with E-state index >= 15 is 0 Å². The van der Waals surface area contributed by atoms with Gasteiger partial charge in [0.1, 0.15) is 5.52 Å². The fourth-order valence-electron chi connectivity index (χ4n) is 4.43. The summed E-state index contributed by atoms with van der Waals surface area (Å²) in [5.74, 6) is 0.486. The van der Waals surface area contributed by atoms with E-state index in [0.717, 1.165) is 33.2 Å². The number of likely N-dealkylation sites (N-methyl/N-ethyl adjacent to an activating group) is 1. The molecule has 0 atom stereocenters. The number of carbonyl (C=O) groups is 1. The normalized spacial score (nSPS) is 11.5. The molecule has 6 rings (SSSR count). The van der Waals surface area contributed by atoms with Gasteiger partial charge in [-0.2, -0.15) is 5.10 Å². The highest BCUT2D eigenvalue weighted by molar-refractivity contribution is 5.96. The molecule has 0 aliphatic rings. The number of amides is 1. The Morgan fingerprint density at radius 3 is 2.63 bits per heavy atom. The van der Waals surface area contributed by atoms with Crippen LogP contribution in [0.25, 0.3) is 56.0 Å². The Morgan fingerprint density at radius 2 is 1.79 bits per heavy atom. The van der Waals surface area contributed by atoms with Crippen molar-refractivity contribution in [1.82, 2.24) is 40.0 Å². The summed E-state index contributed by atoms with van der Waals surface area (Å²) in [7, 11) is 3.69. The van der Waals surface area contributed by atoms with Gasteiger partial charge in [-0.05, 0) is 44.8 Å². The van der Waals surface area contributed by atoms with Crippen molar-refractivity contribution in [2.75, 3.05) is 26.0 Å². The van der Waals surface area contributed by atoms with Crippen molar-refractivity contribution in [3.8, 4) is 33.9 Å². The van der Waals surface area contributed by atoms with Crippen molar-refractivity contribution in [3.63, 3.8) is 0 Å². The largest absolute Gasteiger partial charge is 0.335 e. The second kappa shape index (κ2) is 9.49. The molecular formula is C28H25N9O. The standard InChI is InChI=1S/C28H25N9O/c1-16-5-4-6-17(9-16)20-13-30-14-23-25(20)34-28(33-23)27-26-22(35-36-27)8-7-21(32-26)18-10-19(12-29-11-18)31-24(38)15-37(2)3/h4-14H,15H2,1-3H3,(H,31,38)(H,33,34)(H,35,36). The van der Waals surface area contributed by atoms with E-state index in [4.69, 9.17) is 9.97 Å². The van der Waals surface area contributed by atoms with Crippen LogP contribution in [-0.4, -0.2) is 66.6 Å². The minimum absolute atomic E-state index is 0.112. The number of carbonyl (C=O) groups excluding carboxylic acids is 1. The van der Waals surface area contributed by atoms with Crippen LogP contribution < -0.4 is 5.32 Å². The van der Waals surface area contributed by atoms with Gasteiger partial charge in [0.25, 0.3) is 0 Å². The lowest BCUT2D eigenvalue weighted by molar-refractivity contribution is -0.116. The number of aromatic nitrogens is 7. The number of nitrogens with one attached hydrogen (secondary N) is 3. The molecule has 1 aromatic carbocycles. The summed E-state index contributed by atoms with van der Waals surface area (Å²) in [6, 6.07) is 13.9. The Labute approximate surface area is 218 Å². The monoisotopic (exact) mass is 503 g/mol. The number of fused-ring (bicyclic) bond motifs is 2. The van der Waals surface area contributed by atoms with Crippen LogP contribution in [0.5, 0.6) is 0 Å². The number of rotatable bonds is 6. The number of aromatic amines is 2. The van der Waals surface area contributed by atoms with E-state index in [2.05, 4.69) is 55.6 Å². The maximum absolute atomic E-state index is 12.2. The first-order valence-corrected chi connectivity index (χ1v) is 12.1. The minimum Gasteiger partial charge on any atom is -0.335 e. The van der Waals surface area contributed by atoms with Crippen molar-refractivity contribution in [2.24, 2.45) is 0 Å². The fraction of sp³-hybridized carbons (Fsp3) is 0.143. The zero-order valence-electron chi connectivity index (χ0n) is 21.1. The van der Waals surface area contributed by atoms with Gasteiger partial charge in [0.2, 0.25) is 5.91 Å². The van der Waals surface area contributed by atoms with Gasteiger partial charge in [0, 0.05) is 23.5 Å². The quantitative estimate of drug-likeness (QED) is 0.307. The molecule has 0 bridgehead atoms. The van der Waals surface area contributed by atoms with Crippen molar-refractivity contribution >= 4 is 33.7 Å². The average Bonchev–Trinajstić information content (AvgIpc) is 3.52. The Hall–Kier alpha value is -4.96. The van der Waals surface area contributed by atoms with Crippen molar-refractivity contribution in [2.45, 2.75) is 6.92 Å². The molecule has 5 aromatic heterocycles. The van der Waals surface area contributed by atoms with Crippen LogP contribution >= 0.6 is 0 Å². The van der Waals surface area contributed by atoms with E-state index in [0.29, 0.717) is 28.4 Å². The number of hydrogen-bond acceptors (Lipinski definition) is 7. The van der Waals surface area contributed by atoms with Gasteiger partial charge >= 0.3 is 0 Å². The number of H-pyrrole nitrogens is 2. The fourth-order valence-corrected chi connectivity index (χ4v) is 4.43. The number of anilines is 1. The van der Waals surface area contributed by atoms with Crippen LogP contribution in [0.3, 0.4) is 0 Å². The number of pyridine rings is 3. The summed E-state index contributed by atoms with van der Waals surface area (Å²) in [6.07, 6.45) is 6.93. The summed E-state index contributed by atoms with van der Waals surface area (Å²) in [5.41, 5.74) is 8.95. The first-order valence-electron chi connectivity index (χ1n) is 12.1. The molecule has 10 heteroatoms. The van der Waals surface area contributed by atoms with Gasteiger partial charge < -0.3 is 15.2 Å². The lowest BCUT2D eigenvalue weighted by Crippen LogP contribution is -2.27. The van der Waals surface area contributed by atoms with Gasteiger partial charge in [-0.1, -0.05) is 29.8 Å². The highest BCUT2D eigenvalue weighted by Gasteiger charge is 2.17. The summed E-state index contributed by atoms with van der Waals surface area (Å²) in [6.45, 7) is 2.35. The smallest absolute Gasteiger partial charge is 0.238 e. The molecule has 0 radical (unpaired) electrons. The highest BCUT2D eigenvalue weighted by Crippen LogP contribution is 2.31. The van der Waals surface area contributed by atoms with E-state index in [1.807, 2.05) is 44.6 Å². The van der Waals surface area contributed by atoms with Crippen LogP contribution in [0.4, 0.5) is 5.69 Å². The number of hydrogen-bond donors (Lipinski definition) is 3. The van der Waals surface area contributed by atoms with Gasteiger partial charge in [-0.3, -0.25) is 19.9 Å². The van der Waals surface area contributed by atoms with Gasteiger partial charge in [-0.15, -0.1) is 0 Å². The molecule has 3 N–H and O–H groups in total. The van der Waals surface area contributed by atoms with Crippen LogP contribution in [0.2, 0.25) is 0 Å². The van der Waals surface area contributed by atoms with E-state index < -0.39 is 0 Å². The summed E-state index contributed by atoms with van der Waals surface area (Å²) < 4.78 is 0. The van der Waals surface area contributed by atoms with Crippen molar-refractivity contribution in [1.29, 1.82) is 0 Å². The zero-order chi connectivity index (χ0) is 26.2. The number of imidazole rings is 1. The Bertz CT molecular complexity index is 1800. The molecule has 0 spiro atoms. The van der Waals surface area contributed by atoms with Crippen LogP contribution in [0.1, 0.15) is 5.56 Å². The summed E-state index contributed by atoms with van der Waals surface area (Å²) >= 11 is 0. The molecular weight excluding hydrogens is 478 g/mol. The molecule has 1 amide bonds. The SMILES string of the molecule is Cc1cccc(-c2cncc3[nH]c(-c4n[nH]c5ccc(-c6cncc(NC(=O)CN(C)C)c6)nc45)nc23)c1. The maximum atomic E-state index is 12.2. The highest BCUT2D eigenvalue weighted by atomic mass is 16.2. The first kappa shape index (κ1) is 23.4. The molecule has 0 unspecified atom stereocenters. The van der Waals surface area contributed by atoms with Crippen LogP contribution in [-0.2, 0) is 4.79 Å². The third-order valence-corrected chi connectivity index (χ3v) is 6.13. The minimum atomic E-state index is -0.112. The molecule has 5 heterocycles. The lowest BCUT2D eigenvalue weighted by Gasteiger charge is -2.10. The van der Waals surface area contributed by atoms with E-state index in [-0.39, 0.29) is 12.5 Å². The van der Waals surface area contributed by atoms with E-state index in [9.17, 15) is 4.79 Å². The Balaban J connectivity index is 1.38. The first-order chi connectivity index (χ1) is 18.4. The number of aryl methyl sites for hydroxylation is 1. The molecule has 0 aliphatic carbocycles. The Kier molecular flexibility index (Phi) is 5.85. The van der Waals surface area contributed by atoms with Crippen molar-refractivity contribution in [3.05, 3.63) is 72.8 Å². The molecule has 0 saturated heterocycles. The van der Waals surface area contributed by atoms with E-state index in [1.54, 1.807) is 23.5 Å². The maximum Gasteiger partial charge on any atom is 0.238 e. The molecule has 0 fully saturated rings. The van der Waals surface area contributed by atoms with Crippen LogP contribution in [0.15, 0.2) is 67.3 Å². The number of nitrogens with zero attached hydrogens (tertiary/aromatic N) is 6. The summed E-state index contributed by atoms with van der Waals surface area (Å²) in [5, 5.41) is 10.5. The molecule has 188 valence electrons. The molecule has 6 aromatic rings. The lowest BCUT2D eigenvalue weighted by atomic mass is 10.0. The van der Waals surface area contributed by atoms with Gasteiger partial charge in [-0.25, -0.2) is 9.97 Å². The summed E-state index contributed by atoms with van der Waals surface area (Å²) in [4.78, 5) is 35.9.